The molecule has 0 spiro atoms. The summed E-state index contributed by atoms with van der Waals surface area (Å²) in [6, 6.07) is 10.7. The highest BCUT2D eigenvalue weighted by Crippen LogP contribution is 2.15. The number of halogens is 1. The summed E-state index contributed by atoms with van der Waals surface area (Å²) in [7, 11) is 0. The SMILES string of the molecule is Cc1cc(N)cc(C(=O)OCc2ccc(C#N)cc2F)c1. The average molecular weight is 284 g/mol. The Balaban J connectivity index is 2.09. The summed E-state index contributed by atoms with van der Waals surface area (Å²) >= 11 is 0. The summed E-state index contributed by atoms with van der Waals surface area (Å²) in [5.74, 6) is -1.15. The standard InChI is InChI=1S/C16H13FN2O2/c1-10-4-13(7-14(19)5-10)16(20)21-9-12-3-2-11(8-18)6-15(12)17/h2-7H,9,19H2,1H3. The molecule has 0 amide bonds. The molecule has 21 heavy (non-hydrogen) atoms. The van der Waals surface area contributed by atoms with Gasteiger partial charge in [0.15, 0.2) is 0 Å². The molecule has 2 aromatic rings. The van der Waals surface area contributed by atoms with Crippen molar-refractivity contribution in [3.8, 4) is 6.07 Å². The topological polar surface area (TPSA) is 76.1 Å². The maximum atomic E-state index is 13.7. The quantitative estimate of drug-likeness (QED) is 0.694. The normalized spacial score (nSPS) is 9.95. The van der Waals surface area contributed by atoms with Crippen molar-refractivity contribution in [2.24, 2.45) is 0 Å². The summed E-state index contributed by atoms with van der Waals surface area (Å²) in [6.45, 7) is 1.61. The minimum atomic E-state index is -0.578. The first-order valence-corrected chi connectivity index (χ1v) is 6.22. The van der Waals surface area contributed by atoms with Crippen LogP contribution in [-0.4, -0.2) is 5.97 Å². The van der Waals surface area contributed by atoms with Crippen LogP contribution in [0, 0.1) is 24.1 Å². The van der Waals surface area contributed by atoms with Crippen LogP contribution in [0.25, 0.3) is 0 Å². The van der Waals surface area contributed by atoms with Crippen molar-refractivity contribution >= 4 is 11.7 Å². The van der Waals surface area contributed by atoms with Crippen LogP contribution in [0.15, 0.2) is 36.4 Å². The van der Waals surface area contributed by atoms with Gasteiger partial charge in [0, 0.05) is 11.3 Å². The van der Waals surface area contributed by atoms with E-state index in [2.05, 4.69) is 0 Å². The summed E-state index contributed by atoms with van der Waals surface area (Å²) < 4.78 is 18.7. The van der Waals surface area contributed by atoms with E-state index >= 15 is 0 Å². The van der Waals surface area contributed by atoms with Crippen LogP contribution >= 0.6 is 0 Å². The molecule has 0 aliphatic carbocycles. The van der Waals surface area contributed by atoms with Crippen molar-refractivity contribution in [1.82, 2.24) is 0 Å². The predicted molar refractivity (Wildman–Crippen MR) is 75.8 cm³/mol. The van der Waals surface area contributed by atoms with E-state index in [4.69, 9.17) is 15.7 Å². The number of nitrogen functional groups attached to an aromatic ring is 1. The molecule has 2 rings (SSSR count). The second-order valence-corrected chi connectivity index (χ2v) is 4.63. The van der Waals surface area contributed by atoms with Crippen LogP contribution in [0.2, 0.25) is 0 Å². The van der Waals surface area contributed by atoms with Crippen molar-refractivity contribution in [1.29, 1.82) is 5.26 Å². The lowest BCUT2D eigenvalue weighted by molar-refractivity contribution is 0.0469. The Morgan fingerprint density at radius 2 is 2.10 bits per heavy atom. The number of rotatable bonds is 3. The van der Waals surface area contributed by atoms with Crippen molar-refractivity contribution < 1.29 is 13.9 Å². The highest BCUT2D eigenvalue weighted by Gasteiger charge is 2.11. The lowest BCUT2D eigenvalue weighted by Crippen LogP contribution is -2.07. The molecule has 4 nitrogen and oxygen atoms in total. The number of nitrogens with two attached hydrogens (primary N) is 1. The van der Waals surface area contributed by atoms with E-state index in [0.29, 0.717) is 11.3 Å². The van der Waals surface area contributed by atoms with Crippen molar-refractivity contribution in [3.05, 3.63) is 64.5 Å². The van der Waals surface area contributed by atoms with E-state index in [9.17, 15) is 9.18 Å². The summed E-state index contributed by atoms with van der Waals surface area (Å²) in [6.07, 6.45) is 0. The average Bonchev–Trinajstić information content (AvgIpc) is 2.44. The third kappa shape index (κ3) is 3.57. The molecule has 0 radical (unpaired) electrons. The minimum Gasteiger partial charge on any atom is -0.457 e. The Hall–Kier alpha value is -2.87. The van der Waals surface area contributed by atoms with Gasteiger partial charge in [0.2, 0.25) is 0 Å². The monoisotopic (exact) mass is 284 g/mol. The number of nitrogens with zero attached hydrogens (tertiary/aromatic N) is 1. The fourth-order valence-corrected chi connectivity index (χ4v) is 1.89. The van der Waals surface area contributed by atoms with Gasteiger partial charge in [0.05, 0.1) is 17.2 Å². The highest BCUT2D eigenvalue weighted by atomic mass is 19.1. The van der Waals surface area contributed by atoms with Crippen molar-refractivity contribution in [2.75, 3.05) is 5.73 Å². The maximum Gasteiger partial charge on any atom is 0.338 e. The van der Waals surface area contributed by atoms with Gasteiger partial charge in [-0.3, -0.25) is 0 Å². The molecule has 0 aliphatic heterocycles. The highest BCUT2D eigenvalue weighted by molar-refractivity contribution is 5.90. The van der Waals surface area contributed by atoms with E-state index in [-0.39, 0.29) is 17.7 Å². The predicted octanol–water partition coefficient (Wildman–Crippen LogP) is 2.95. The van der Waals surface area contributed by atoms with Crippen LogP contribution in [0.1, 0.15) is 27.0 Å². The largest absolute Gasteiger partial charge is 0.457 e. The smallest absolute Gasteiger partial charge is 0.338 e. The lowest BCUT2D eigenvalue weighted by atomic mass is 10.1. The van der Waals surface area contributed by atoms with Crippen LogP contribution in [0.4, 0.5) is 10.1 Å². The maximum absolute atomic E-state index is 13.7. The summed E-state index contributed by atoms with van der Waals surface area (Å²) in [5.41, 5.74) is 7.71. The molecule has 2 N–H and O–H groups in total. The first-order valence-electron chi connectivity index (χ1n) is 6.22. The zero-order chi connectivity index (χ0) is 15.4. The number of carbonyl (C=O) groups is 1. The molecular weight excluding hydrogens is 271 g/mol. The van der Waals surface area contributed by atoms with Gasteiger partial charge in [-0.15, -0.1) is 0 Å². The Kier molecular flexibility index (Phi) is 4.19. The Labute approximate surface area is 121 Å². The number of esters is 1. The fraction of sp³-hybridized carbons (Fsp3) is 0.125. The second kappa shape index (κ2) is 6.06. The van der Waals surface area contributed by atoms with Crippen LogP contribution in [-0.2, 0) is 11.3 Å². The number of hydrogen-bond acceptors (Lipinski definition) is 4. The van der Waals surface area contributed by atoms with E-state index in [1.54, 1.807) is 12.1 Å². The number of benzene rings is 2. The molecule has 0 saturated heterocycles. The molecule has 0 bridgehead atoms. The zero-order valence-electron chi connectivity index (χ0n) is 11.4. The van der Waals surface area contributed by atoms with E-state index in [1.165, 1.54) is 18.2 Å². The van der Waals surface area contributed by atoms with Crippen molar-refractivity contribution in [3.63, 3.8) is 0 Å². The molecule has 106 valence electrons. The summed E-state index contributed by atoms with van der Waals surface area (Å²) in [5, 5.41) is 8.66. The molecule has 5 heteroatoms. The van der Waals surface area contributed by atoms with Gasteiger partial charge in [-0.2, -0.15) is 5.26 Å². The third-order valence-electron chi connectivity index (χ3n) is 2.88. The number of aryl methyl sites for hydroxylation is 1. The number of carbonyl (C=O) groups excluding carboxylic acids is 1. The molecule has 0 unspecified atom stereocenters. The first-order chi connectivity index (χ1) is 9.99. The first kappa shape index (κ1) is 14.5. The third-order valence-corrected chi connectivity index (χ3v) is 2.88. The molecule has 0 fully saturated rings. The number of ether oxygens (including phenoxy) is 1. The number of nitriles is 1. The minimum absolute atomic E-state index is 0.204. The molecule has 0 saturated carbocycles. The molecule has 0 heterocycles. The molecule has 0 atom stereocenters. The Bertz CT molecular complexity index is 715. The zero-order valence-corrected chi connectivity index (χ0v) is 11.4. The second-order valence-electron chi connectivity index (χ2n) is 4.63. The number of hydrogen-bond donors (Lipinski definition) is 1. The van der Waals surface area contributed by atoms with Crippen LogP contribution in [0.5, 0.6) is 0 Å². The molecule has 0 aromatic heterocycles. The van der Waals surface area contributed by atoms with Crippen LogP contribution in [0.3, 0.4) is 0 Å². The summed E-state index contributed by atoms with van der Waals surface area (Å²) in [4.78, 5) is 11.9. The van der Waals surface area contributed by atoms with E-state index < -0.39 is 11.8 Å². The number of anilines is 1. The van der Waals surface area contributed by atoms with Gasteiger partial charge in [-0.25, -0.2) is 9.18 Å². The van der Waals surface area contributed by atoms with Gasteiger partial charge in [0.1, 0.15) is 12.4 Å². The van der Waals surface area contributed by atoms with Gasteiger partial charge >= 0.3 is 5.97 Å². The van der Waals surface area contributed by atoms with Crippen molar-refractivity contribution in [2.45, 2.75) is 13.5 Å². The fourth-order valence-electron chi connectivity index (χ4n) is 1.89. The van der Waals surface area contributed by atoms with Crippen LogP contribution < -0.4 is 5.73 Å². The molecular formula is C16H13FN2O2. The van der Waals surface area contributed by atoms with Gasteiger partial charge in [-0.05, 0) is 42.8 Å². The van der Waals surface area contributed by atoms with E-state index in [1.807, 2.05) is 13.0 Å². The van der Waals surface area contributed by atoms with Gasteiger partial charge < -0.3 is 10.5 Å². The molecule has 0 aliphatic rings. The lowest BCUT2D eigenvalue weighted by Gasteiger charge is -2.07. The van der Waals surface area contributed by atoms with E-state index in [0.717, 1.165) is 11.6 Å². The Morgan fingerprint density at radius 3 is 2.71 bits per heavy atom. The molecule has 2 aromatic carbocycles. The Morgan fingerprint density at radius 1 is 1.33 bits per heavy atom. The van der Waals surface area contributed by atoms with Gasteiger partial charge in [0.25, 0.3) is 0 Å². The van der Waals surface area contributed by atoms with Gasteiger partial charge in [-0.1, -0.05) is 6.07 Å².